The van der Waals surface area contributed by atoms with Gasteiger partial charge in [-0.05, 0) is 24.6 Å². The number of benzene rings is 2. The van der Waals surface area contributed by atoms with Crippen molar-refractivity contribution in [3.05, 3.63) is 69.7 Å². The summed E-state index contributed by atoms with van der Waals surface area (Å²) in [7, 11) is 0. The summed E-state index contributed by atoms with van der Waals surface area (Å²) < 4.78 is 1.56. The lowest BCUT2D eigenvalue weighted by Crippen LogP contribution is -2.21. The van der Waals surface area contributed by atoms with Gasteiger partial charge in [0, 0.05) is 21.4 Å². The van der Waals surface area contributed by atoms with E-state index in [1.54, 1.807) is 24.8 Å². The van der Waals surface area contributed by atoms with Gasteiger partial charge in [0.1, 0.15) is 0 Å². The first-order chi connectivity index (χ1) is 14.0. The third kappa shape index (κ3) is 6.72. The van der Waals surface area contributed by atoms with Crippen molar-refractivity contribution in [2.45, 2.75) is 21.4 Å². The molecule has 10 heteroatoms. The number of amides is 1. The minimum absolute atomic E-state index is 0.198. The van der Waals surface area contributed by atoms with Crippen LogP contribution in [0.3, 0.4) is 0 Å². The van der Waals surface area contributed by atoms with Gasteiger partial charge in [-0.1, -0.05) is 94.5 Å². The zero-order valence-electron chi connectivity index (χ0n) is 15.3. The molecule has 0 saturated heterocycles. The van der Waals surface area contributed by atoms with E-state index in [1.165, 1.54) is 23.1 Å². The molecule has 3 aromatic rings. The summed E-state index contributed by atoms with van der Waals surface area (Å²) in [6.07, 6.45) is 0. The minimum Gasteiger partial charge on any atom is -0.272 e. The molecule has 0 spiro atoms. The number of nitrogens with zero attached hydrogens (tertiary/aromatic N) is 3. The van der Waals surface area contributed by atoms with Crippen LogP contribution in [0.4, 0.5) is 0 Å². The number of thioether (sulfide) groups is 2. The van der Waals surface area contributed by atoms with Crippen LogP contribution in [0.5, 0.6) is 0 Å². The summed E-state index contributed by atoms with van der Waals surface area (Å²) in [4.78, 5) is 12.1. The monoisotopic (exact) mass is 482 g/mol. The Labute approximate surface area is 191 Å². The lowest BCUT2D eigenvalue weighted by molar-refractivity contribution is -0.118. The maximum absolute atomic E-state index is 12.1. The molecule has 0 saturated carbocycles. The molecule has 1 N–H and O–H groups in total. The summed E-state index contributed by atoms with van der Waals surface area (Å²) in [5, 5.41) is 13.7. The lowest BCUT2D eigenvalue weighted by atomic mass is 10.1. The first-order valence-corrected chi connectivity index (χ1v) is 12.0. The van der Waals surface area contributed by atoms with E-state index < -0.39 is 0 Å². The van der Waals surface area contributed by atoms with Gasteiger partial charge in [0.25, 0.3) is 5.91 Å². The van der Waals surface area contributed by atoms with Gasteiger partial charge in [-0.2, -0.15) is 5.10 Å². The number of carbonyl (C=O) groups excluding carboxylic acids is 1. The van der Waals surface area contributed by atoms with E-state index in [-0.39, 0.29) is 11.7 Å². The normalized spacial score (nSPS) is 11.5. The number of hydrogen-bond acceptors (Lipinski definition) is 7. The molecule has 0 atom stereocenters. The highest BCUT2D eigenvalue weighted by atomic mass is 35.5. The van der Waals surface area contributed by atoms with Crippen molar-refractivity contribution in [1.29, 1.82) is 0 Å². The fraction of sp³-hybridized carbons (Fsp3) is 0.158. The maximum Gasteiger partial charge on any atom is 0.250 e. The van der Waals surface area contributed by atoms with Gasteiger partial charge in [-0.15, -0.1) is 10.2 Å². The van der Waals surface area contributed by atoms with Gasteiger partial charge in [-0.3, -0.25) is 4.79 Å². The van der Waals surface area contributed by atoms with Crippen molar-refractivity contribution in [3.8, 4) is 0 Å². The topological polar surface area (TPSA) is 67.2 Å². The van der Waals surface area contributed by atoms with Crippen molar-refractivity contribution in [2.24, 2.45) is 5.10 Å². The number of rotatable bonds is 8. The fourth-order valence-corrected chi connectivity index (χ4v) is 5.56. The van der Waals surface area contributed by atoms with Gasteiger partial charge in [0.05, 0.1) is 11.5 Å². The van der Waals surface area contributed by atoms with Crippen LogP contribution in [-0.4, -0.2) is 27.6 Å². The van der Waals surface area contributed by atoms with Gasteiger partial charge < -0.3 is 0 Å². The number of hydrogen-bond donors (Lipinski definition) is 1. The zero-order valence-corrected chi connectivity index (χ0v) is 19.2. The third-order valence-electron chi connectivity index (χ3n) is 3.64. The Morgan fingerprint density at radius 1 is 1.03 bits per heavy atom. The van der Waals surface area contributed by atoms with Crippen molar-refractivity contribution < 1.29 is 4.79 Å². The Morgan fingerprint density at radius 2 is 1.69 bits per heavy atom. The predicted octanol–water partition coefficient (Wildman–Crippen LogP) is 5.77. The quantitative estimate of drug-likeness (QED) is 0.250. The molecule has 1 heterocycles. The van der Waals surface area contributed by atoms with Gasteiger partial charge in [-0.25, -0.2) is 5.43 Å². The van der Waals surface area contributed by atoms with Crippen LogP contribution in [0.2, 0.25) is 10.0 Å². The highest BCUT2D eigenvalue weighted by Gasteiger charge is 2.10. The Kier molecular flexibility index (Phi) is 8.38. The second kappa shape index (κ2) is 11.0. The lowest BCUT2D eigenvalue weighted by Gasteiger charge is -2.04. The minimum atomic E-state index is -0.220. The molecule has 5 nitrogen and oxygen atoms in total. The van der Waals surface area contributed by atoms with Crippen LogP contribution in [0.15, 0.2) is 62.3 Å². The smallest absolute Gasteiger partial charge is 0.250 e. The molecule has 1 amide bonds. The van der Waals surface area contributed by atoms with Gasteiger partial charge >= 0.3 is 0 Å². The average molecular weight is 483 g/mol. The molecule has 0 aliphatic heterocycles. The summed E-state index contributed by atoms with van der Waals surface area (Å²) in [5.74, 6) is 0.695. The zero-order chi connectivity index (χ0) is 20.6. The van der Waals surface area contributed by atoms with E-state index in [0.717, 1.165) is 30.6 Å². The van der Waals surface area contributed by atoms with Crippen LogP contribution >= 0.6 is 58.1 Å². The summed E-state index contributed by atoms with van der Waals surface area (Å²) >= 11 is 16.6. The molecule has 0 aliphatic carbocycles. The van der Waals surface area contributed by atoms with Crippen molar-refractivity contribution in [2.75, 3.05) is 5.75 Å². The van der Waals surface area contributed by atoms with Gasteiger partial charge in [0.2, 0.25) is 0 Å². The van der Waals surface area contributed by atoms with E-state index >= 15 is 0 Å². The Morgan fingerprint density at radius 3 is 2.41 bits per heavy atom. The Bertz CT molecular complexity index is 1030. The van der Waals surface area contributed by atoms with E-state index in [1.807, 2.05) is 42.5 Å². The largest absolute Gasteiger partial charge is 0.272 e. The molecule has 150 valence electrons. The van der Waals surface area contributed by atoms with Crippen LogP contribution in [-0.2, 0) is 10.5 Å². The highest BCUT2D eigenvalue weighted by Crippen LogP contribution is 2.32. The van der Waals surface area contributed by atoms with Crippen molar-refractivity contribution in [1.82, 2.24) is 15.6 Å². The van der Waals surface area contributed by atoms with Crippen LogP contribution in [0.25, 0.3) is 0 Å². The Hall–Kier alpha value is -1.58. The van der Waals surface area contributed by atoms with Crippen LogP contribution in [0.1, 0.15) is 18.1 Å². The number of carbonyl (C=O) groups is 1. The molecular formula is C19H16Cl2N4OS3. The van der Waals surface area contributed by atoms with E-state index in [2.05, 4.69) is 20.7 Å². The number of halogens is 2. The number of aromatic nitrogens is 2. The summed E-state index contributed by atoms with van der Waals surface area (Å²) in [6, 6.07) is 15.1. The number of hydrazone groups is 1. The molecular weight excluding hydrogens is 467 g/mol. The molecule has 0 radical (unpaired) electrons. The SMILES string of the molecule is C/C(=N/NC(=O)CSc1nnc(SCc2ccccc2Cl)s1)c1ccccc1Cl. The van der Waals surface area contributed by atoms with E-state index in [9.17, 15) is 4.79 Å². The molecule has 3 rings (SSSR count). The average Bonchev–Trinajstić information content (AvgIpc) is 3.18. The molecule has 0 unspecified atom stereocenters. The van der Waals surface area contributed by atoms with Crippen molar-refractivity contribution in [3.63, 3.8) is 0 Å². The maximum atomic E-state index is 12.1. The molecule has 29 heavy (non-hydrogen) atoms. The Balaban J connectivity index is 1.47. The van der Waals surface area contributed by atoms with E-state index in [4.69, 9.17) is 23.2 Å². The second-order valence-corrected chi connectivity index (χ2v) is 9.95. The molecule has 0 aliphatic rings. The van der Waals surface area contributed by atoms with Gasteiger partial charge in [0.15, 0.2) is 8.68 Å². The molecule has 0 fully saturated rings. The summed E-state index contributed by atoms with van der Waals surface area (Å²) in [5.41, 5.74) is 5.02. The van der Waals surface area contributed by atoms with E-state index in [0.29, 0.717) is 10.7 Å². The molecule has 2 aromatic carbocycles. The highest BCUT2D eigenvalue weighted by molar-refractivity contribution is 8.03. The predicted molar refractivity (Wildman–Crippen MR) is 123 cm³/mol. The van der Waals surface area contributed by atoms with Crippen molar-refractivity contribution >= 4 is 69.7 Å². The molecule has 1 aromatic heterocycles. The van der Waals surface area contributed by atoms with Crippen LogP contribution in [0, 0.1) is 0 Å². The molecule has 0 bridgehead atoms. The van der Waals surface area contributed by atoms with Crippen LogP contribution < -0.4 is 5.43 Å². The second-order valence-electron chi connectivity index (χ2n) is 5.71. The first-order valence-electron chi connectivity index (χ1n) is 8.43. The summed E-state index contributed by atoms with van der Waals surface area (Å²) in [6.45, 7) is 1.79. The third-order valence-corrected chi connectivity index (χ3v) is 7.57. The first kappa shape index (κ1) is 22.1. The fourth-order valence-electron chi connectivity index (χ4n) is 2.19. The standard InChI is InChI=1S/C19H16Cl2N4OS3/c1-12(14-7-3-5-9-16(14)21)22-23-17(26)11-28-19-25-24-18(29-19)27-10-13-6-2-4-8-15(13)20/h2-9H,10-11H2,1H3,(H,23,26)/b22-12-. The number of nitrogens with one attached hydrogen (secondary N) is 1.